The molecule has 0 aromatic carbocycles. The van der Waals surface area contributed by atoms with Crippen LogP contribution >= 0.6 is 0 Å². The van der Waals surface area contributed by atoms with Gasteiger partial charge in [-0.1, -0.05) is 6.07 Å². The molecule has 1 fully saturated rings. The Balaban J connectivity index is 2.13. The van der Waals surface area contributed by atoms with Gasteiger partial charge in [0.25, 0.3) is 5.56 Å². The molecule has 0 radical (unpaired) electrons. The van der Waals surface area contributed by atoms with Crippen molar-refractivity contribution in [3.05, 3.63) is 40.4 Å². The van der Waals surface area contributed by atoms with Crippen molar-refractivity contribution in [1.82, 2.24) is 14.7 Å². The second-order valence-corrected chi connectivity index (χ2v) is 4.02. The van der Waals surface area contributed by atoms with Crippen molar-refractivity contribution in [2.45, 2.75) is 12.3 Å². The Morgan fingerprint density at radius 3 is 3.07 bits per heavy atom. The highest BCUT2D eigenvalue weighted by Gasteiger charge is 2.18. The van der Waals surface area contributed by atoms with Crippen LogP contribution in [0.25, 0.3) is 5.65 Å². The molecule has 1 unspecified atom stereocenters. The van der Waals surface area contributed by atoms with Crippen LogP contribution in [0.2, 0.25) is 0 Å². The van der Waals surface area contributed by atoms with Crippen molar-refractivity contribution in [2.75, 3.05) is 13.1 Å². The maximum absolute atomic E-state index is 11.5. The minimum atomic E-state index is 0.0287. The van der Waals surface area contributed by atoms with E-state index in [1.165, 1.54) is 0 Å². The van der Waals surface area contributed by atoms with E-state index in [-0.39, 0.29) is 5.56 Å². The van der Waals surface area contributed by atoms with Gasteiger partial charge in [0.1, 0.15) is 5.65 Å². The third-order valence-corrected chi connectivity index (χ3v) is 3.03. The molecule has 1 saturated heterocycles. The van der Waals surface area contributed by atoms with Gasteiger partial charge in [0, 0.05) is 30.4 Å². The van der Waals surface area contributed by atoms with Crippen molar-refractivity contribution in [1.29, 1.82) is 0 Å². The molecule has 2 aromatic heterocycles. The average molecular weight is 203 g/mol. The maximum Gasteiger partial charge on any atom is 0.256 e. The summed E-state index contributed by atoms with van der Waals surface area (Å²) in [4.78, 5) is 14.8. The van der Waals surface area contributed by atoms with Crippen LogP contribution in [0.3, 0.4) is 0 Å². The Morgan fingerprint density at radius 2 is 2.33 bits per heavy atom. The lowest BCUT2D eigenvalue weighted by molar-refractivity contribution is 0.741. The van der Waals surface area contributed by atoms with Gasteiger partial charge >= 0.3 is 0 Å². The van der Waals surface area contributed by atoms with Crippen LogP contribution in [0.4, 0.5) is 0 Å². The molecule has 15 heavy (non-hydrogen) atoms. The lowest BCUT2D eigenvalue weighted by atomic mass is 10.1. The summed E-state index contributed by atoms with van der Waals surface area (Å²) in [6.07, 6.45) is 3.07. The Bertz CT molecular complexity index is 534. The molecule has 2 aromatic rings. The molecule has 3 rings (SSSR count). The van der Waals surface area contributed by atoms with E-state index >= 15 is 0 Å². The lowest BCUT2D eigenvalue weighted by Gasteiger charge is -2.02. The van der Waals surface area contributed by atoms with Gasteiger partial charge in [-0.25, -0.2) is 0 Å². The average Bonchev–Trinajstić information content (AvgIpc) is 2.86. The van der Waals surface area contributed by atoms with Crippen molar-refractivity contribution in [2.24, 2.45) is 0 Å². The molecule has 0 amide bonds. The van der Waals surface area contributed by atoms with E-state index in [9.17, 15) is 4.79 Å². The second-order valence-electron chi connectivity index (χ2n) is 4.02. The summed E-state index contributed by atoms with van der Waals surface area (Å²) < 4.78 is 1.67. The number of H-pyrrole nitrogens is 1. The molecule has 1 aliphatic rings. The third kappa shape index (κ3) is 1.37. The quantitative estimate of drug-likeness (QED) is 0.717. The second kappa shape index (κ2) is 3.24. The van der Waals surface area contributed by atoms with Gasteiger partial charge in [-0.05, 0) is 19.0 Å². The zero-order valence-electron chi connectivity index (χ0n) is 8.36. The monoisotopic (exact) mass is 203 g/mol. The van der Waals surface area contributed by atoms with E-state index in [2.05, 4.69) is 10.3 Å². The highest BCUT2D eigenvalue weighted by atomic mass is 16.1. The van der Waals surface area contributed by atoms with Crippen LogP contribution in [0.1, 0.15) is 18.0 Å². The van der Waals surface area contributed by atoms with Crippen molar-refractivity contribution in [3.63, 3.8) is 0 Å². The molecule has 78 valence electrons. The smallest absolute Gasteiger partial charge is 0.256 e. The number of aromatic nitrogens is 2. The van der Waals surface area contributed by atoms with Crippen molar-refractivity contribution >= 4 is 5.65 Å². The normalized spacial score (nSPS) is 21.2. The first-order chi connectivity index (χ1) is 7.34. The highest BCUT2D eigenvalue weighted by molar-refractivity contribution is 5.40. The summed E-state index contributed by atoms with van der Waals surface area (Å²) in [6, 6.07) is 5.29. The molecule has 1 atom stereocenters. The van der Waals surface area contributed by atoms with E-state index in [0.717, 1.165) is 30.9 Å². The van der Waals surface area contributed by atoms with Crippen LogP contribution in [0.5, 0.6) is 0 Å². The summed E-state index contributed by atoms with van der Waals surface area (Å²) in [5.41, 5.74) is 2.06. The Kier molecular flexibility index (Phi) is 1.89. The first-order valence-electron chi connectivity index (χ1n) is 5.25. The summed E-state index contributed by atoms with van der Waals surface area (Å²) in [5.74, 6) is 0.518. The first-order valence-corrected chi connectivity index (χ1v) is 5.25. The van der Waals surface area contributed by atoms with E-state index in [4.69, 9.17) is 0 Å². The molecule has 0 spiro atoms. The fourth-order valence-corrected chi connectivity index (χ4v) is 2.18. The molecule has 0 aliphatic carbocycles. The SMILES string of the molecule is O=c1cccc2[nH]c(C3CCNC3)cn12. The number of rotatable bonds is 1. The Labute approximate surface area is 86.9 Å². The van der Waals surface area contributed by atoms with Gasteiger partial charge in [-0.2, -0.15) is 0 Å². The van der Waals surface area contributed by atoms with Gasteiger partial charge in [-0.3, -0.25) is 9.20 Å². The summed E-state index contributed by atoms with van der Waals surface area (Å²) in [7, 11) is 0. The number of pyridine rings is 1. The number of aromatic amines is 1. The molecule has 1 aliphatic heterocycles. The lowest BCUT2D eigenvalue weighted by Crippen LogP contribution is -2.09. The zero-order valence-corrected chi connectivity index (χ0v) is 8.36. The van der Waals surface area contributed by atoms with Crippen LogP contribution in [0, 0.1) is 0 Å². The zero-order chi connectivity index (χ0) is 10.3. The summed E-state index contributed by atoms with van der Waals surface area (Å²) >= 11 is 0. The summed E-state index contributed by atoms with van der Waals surface area (Å²) in [5, 5.41) is 3.32. The predicted octanol–water partition coefficient (Wildman–Crippen LogP) is 0.705. The van der Waals surface area contributed by atoms with Gasteiger partial charge in [0.2, 0.25) is 0 Å². The standard InChI is InChI=1S/C11H13N3O/c15-11-3-1-2-10-13-9(7-14(10)11)8-4-5-12-6-8/h1-3,7-8,12-13H,4-6H2. The van der Waals surface area contributed by atoms with Crippen LogP contribution in [0.15, 0.2) is 29.2 Å². The number of hydrogen-bond donors (Lipinski definition) is 2. The molecular formula is C11H13N3O. The predicted molar refractivity (Wildman–Crippen MR) is 58.2 cm³/mol. The molecular weight excluding hydrogens is 190 g/mol. The van der Waals surface area contributed by atoms with Gasteiger partial charge in [0.15, 0.2) is 0 Å². The molecule has 0 bridgehead atoms. The third-order valence-electron chi connectivity index (χ3n) is 3.03. The largest absolute Gasteiger partial charge is 0.343 e. The highest BCUT2D eigenvalue weighted by Crippen LogP contribution is 2.20. The Hall–Kier alpha value is -1.55. The molecule has 4 nitrogen and oxygen atoms in total. The minimum Gasteiger partial charge on any atom is -0.343 e. The number of imidazole rings is 1. The summed E-state index contributed by atoms with van der Waals surface area (Å²) in [6.45, 7) is 2.07. The van der Waals surface area contributed by atoms with Gasteiger partial charge < -0.3 is 10.3 Å². The Morgan fingerprint density at radius 1 is 1.40 bits per heavy atom. The number of hydrogen-bond acceptors (Lipinski definition) is 2. The number of nitrogens with zero attached hydrogens (tertiary/aromatic N) is 1. The fourth-order valence-electron chi connectivity index (χ4n) is 2.18. The van der Waals surface area contributed by atoms with Gasteiger partial charge in [-0.15, -0.1) is 0 Å². The van der Waals surface area contributed by atoms with Crippen LogP contribution in [-0.4, -0.2) is 22.5 Å². The van der Waals surface area contributed by atoms with E-state index in [0.29, 0.717) is 5.92 Å². The molecule has 4 heteroatoms. The van der Waals surface area contributed by atoms with Crippen molar-refractivity contribution in [3.8, 4) is 0 Å². The molecule has 2 N–H and O–H groups in total. The van der Waals surface area contributed by atoms with Crippen LogP contribution < -0.4 is 10.9 Å². The number of fused-ring (bicyclic) bond motifs is 1. The topological polar surface area (TPSA) is 49.3 Å². The minimum absolute atomic E-state index is 0.0287. The molecule has 3 heterocycles. The maximum atomic E-state index is 11.5. The number of nitrogens with one attached hydrogen (secondary N) is 2. The van der Waals surface area contributed by atoms with Gasteiger partial charge in [0.05, 0.1) is 0 Å². The fraction of sp³-hybridized carbons (Fsp3) is 0.364. The molecule has 0 saturated carbocycles. The van der Waals surface area contributed by atoms with E-state index in [1.54, 1.807) is 16.5 Å². The first kappa shape index (κ1) is 8.73. The van der Waals surface area contributed by atoms with E-state index in [1.807, 2.05) is 12.3 Å². The van der Waals surface area contributed by atoms with E-state index < -0.39 is 0 Å². The van der Waals surface area contributed by atoms with Crippen molar-refractivity contribution < 1.29 is 0 Å². The van der Waals surface area contributed by atoms with Crippen LogP contribution in [-0.2, 0) is 0 Å².